The summed E-state index contributed by atoms with van der Waals surface area (Å²) >= 11 is 3.21. The van der Waals surface area contributed by atoms with Crippen LogP contribution in [0.2, 0.25) is 0 Å². The highest BCUT2D eigenvalue weighted by Gasteiger charge is 2.15. The van der Waals surface area contributed by atoms with E-state index in [1.54, 1.807) is 0 Å². The van der Waals surface area contributed by atoms with Gasteiger partial charge in [-0.05, 0) is 72.6 Å². The van der Waals surface area contributed by atoms with Gasteiger partial charge >= 0.3 is 0 Å². The summed E-state index contributed by atoms with van der Waals surface area (Å²) in [6, 6.07) is 11.4. The number of ether oxygens (including phenoxy) is 1. The van der Waals surface area contributed by atoms with Gasteiger partial charge in [0, 0.05) is 4.47 Å². The smallest absolute Gasteiger partial charge is 0.252 e. The lowest BCUT2D eigenvalue weighted by atomic mass is 10.1. The first-order chi connectivity index (χ1) is 10.9. The topological polar surface area (TPSA) is 38.3 Å². The SMILES string of the molecule is CC(C)Oc1cccc([C@H](C)NC(=O)c2ccc(F)cc2Br)c1. The van der Waals surface area contributed by atoms with Crippen LogP contribution in [0.5, 0.6) is 5.75 Å². The number of nitrogens with one attached hydrogen (secondary N) is 1. The summed E-state index contributed by atoms with van der Waals surface area (Å²) < 4.78 is 19.2. The molecule has 3 nitrogen and oxygen atoms in total. The van der Waals surface area contributed by atoms with Gasteiger partial charge in [0.15, 0.2) is 0 Å². The van der Waals surface area contributed by atoms with Crippen LogP contribution < -0.4 is 10.1 Å². The van der Waals surface area contributed by atoms with Gasteiger partial charge in [0.25, 0.3) is 5.91 Å². The van der Waals surface area contributed by atoms with Crippen molar-refractivity contribution < 1.29 is 13.9 Å². The minimum atomic E-state index is -0.389. The van der Waals surface area contributed by atoms with E-state index in [1.807, 2.05) is 45.0 Å². The molecule has 0 fully saturated rings. The summed E-state index contributed by atoms with van der Waals surface area (Å²) in [6.45, 7) is 5.82. The molecule has 122 valence electrons. The van der Waals surface area contributed by atoms with Crippen molar-refractivity contribution in [1.29, 1.82) is 0 Å². The molecule has 0 spiro atoms. The van der Waals surface area contributed by atoms with E-state index in [2.05, 4.69) is 21.2 Å². The molecule has 1 N–H and O–H groups in total. The molecule has 2 rings (SSSR count). The second-order valence-corrected chi connectivity index (χ2v) is 6.41. The lowest BCUT2D eigenvalue weighted by molar-refractivity contribution is 0.0939. The number of rotatable bonds is 5. The maximum Gasteiger partial charge on any atom is 0.252 e. The predicted octanol–water partition coefficient (Wildman–Crippen LogP) is 4.87. The number of hydrogen-bond acceptors (Lipinski definition) is 2. The fraction of sp³-hybridized carbons (Fsp3) is 0.278. The van der Waals surface area contributed by atoms with Crippen molar-refractivity contribution >= 4 is 21.8 Å². The molecule has 0 radical (unpaired) electrons. The first-order valence-electron chi connectivity index (χ1n) is 7.39. The molecule has 0 aliphatic carbocycles. The van der Waals surface area contributed by atoms with Crippen molar-refractivity contribution in [3.05, 3.63) is 63.9 Å². The monoisotopic (exact) mass is 379 g/mol. The summed E-state index contributed by atoms with van der Waals surface area (Å²) in [5.74, 6) is 0.112. The first-order valence-corrected chi connectivity index (χ1v) is 8.18. The summed E-state index contributed by atoms with van der Waals surface area (Å²) in [5.41, 5.74) is 1.34. The summed E-state index contributed by atoms with van der Waals surface area (Å²) in [4.78, 5) is 12.3. The molecular weight excluding hydrogens is 361 g/mol. The Bertz CT molecular complexity index is 703. The summed E-state index contributed by atoms with van der Waals surface area (Å²) in [7, 11) is 0. The molecule has 0 bridgehead atoms. The molecule has 0 unspecified atom stereocenters. The Kier molecular flexibility index (Phi) is 5.77. The van der Waals surface area contributed by atoms with Crippen LogP contribution in [0.25, 0.3) is 0 Å². The van der Waals surface area contributed by atoms with Crippen LogP contribution in [0.3, 0.4) is 0 Å². The van der Waals surface area contributed by atoms with Gasteiger partial charge in [-0.25, -0.2) is 4.39 Å². The summed E-state index contributed by atoms with van der Waals surface area (Å²) in [5, 5.41) is 2.91. The second kappa shape index (κ2) is 7.59. The minimum Gasteiger partial charge on any atom is -0.491 e. The number of carbonyl (C=O) groups excluding carboxylic acids is 1. The van der Waals surface area contributed by atoms with Gasteiger partial charge in [-0.1, -0.05) is 12.1 Å². The molecule has 0 aromatic heterocycles. The van der Waals surface area contributed by atoms with Gasteiger partial charge < -0.3 is 10.1 Å². The molecule has 0 aliphatic heterocycles. The highest BCUT2D eigenvalue weighted by molar-refractivity contribution is 9.10. The maximum atomic E-state index is 13.1. The molecule has 0 heterocycles. The summed E-state index contributed by atoms with van der Waals surface area (Å²) in [6.07, 6.45) is 0.0883. The van der Waals surface area contributed by atoms with Crippen molar-refractivity contribution in [3.63, 3.8) is 0 Å². The van der Waals surface area contributed by atoms with E-state index in [-0.39, 0.29) is 23.9 Å². The number of carbonyl (C=O) groups is 1. The van der Waals surface area contributed by atoms with Gasteiger partial charge in [-0.3, -0.25) is 4.79 Å². The van der Waals surface area contributed by atoms with E-state index in [1.165, 1.54) is 18.2 Å². The highest BCUT2D eigenvalue weighted by atomic mass is 79.9. The second-order valence-electron chi connectivity index (χ2n) is 5.56. The number of hydrogen-bond donors (Lipinski definition) is 1. The lowest BCUT2D eigenvalue weighted by Crippen LogP contribution is -2.27. The zero-order chi connectivity index (χ0) is 17.0. The van der Waals surface area contributed by atoms with Crippen molar-refractivity contribution in [3.8, 4) is 5.75 Å². The molecule has 0 aliphatic rings. The van der Waals surface area contributed by atoms with Crippen molar-refractivity contribution in [1.82, 2.24) is 5.32 Å². The average molecular weight is 380 g/mol. The third kappa shape index (κ3) is 4.79. The number of amides is 1. The Morgan fingerprint density at radius 2 is 1.91 bits per heavy atom. The Hall–Kier alpha value is -1.88. The molecule has 23 heavy (non-hydrogen) atoms. The normalized spacial score (nSPS) is 12.1. The van der Waals surface area contributed by atoms with E-state index in [0.717, 1.165) is 11.3 Å². The van der Waals surface area contributed by atoms with Crippen LogP contribution in [0.1, 0.15) is 42.7 Å². The van der Waals surface area contributed by atoms with E-state index >= 15 is 0 Å². The Morgan fingerprint density at radius 1 is 1.17 bits per heavy atom. The number of benzene rings is 2. The van der Waals surface area contributed by atoms with Crippen LogP contribution in [-0.4, -0.2) is 12.0 Å². The van der Waals surface area contributed by atoms with Crippen LogP contribution >= 0.6 is 15.9 Å². The predicted molar refractivity (Wildman–Crippen MR) is 92.2 cm³/mol. The zero-order valence-electron chi connectivity index (χ0n) is 13.3. The van der Waals surface area contributed by atoms with Crippen molar-refractivity contribution in [2.45, 2.75) is 32.9 Å². The van der Waals surface area contributed by atoms with Gasteiger partial charge in [-0.15, -0.1) is 0 Å². The van der Waals surface area contributed by atoms with E-state index in [9.17, 15) is 9.18 Å². The maximum absolute atomic E-state index is 13.1. The molecular formula is C18H19BrFNO2. The minimum absolute atomic E-state index is 0.0883. The molecule has 2 aromatic rings. The fourth-order valence-corrected chi connectivity index (χ4v) is 2.69. The van der Waals surface area contributed by atoms with Gasteiger partial charge in [0.2, 0.25) is 0 Å². The highest BCUT2D eigenvalue weighted by Crippen LogP contribution is 2.22. The van der Waals surface area contributed by atoms with Crippen LogP contribution in [0.4, 0.5) is 4.39 Å². The molecule has 0 saturated heterocycles. The number of halogens is 2. The third-order valence-electron chi connectivity index (χ3n) is 3.25. The quantitative estimate of drug-likeness (QED) is 0.804. The lowest BCUT2D eigenvalue weighted by Gasteiger charge is -2.17. The largest absolute Gasteiger partial charge is 0.491 e. The first kappa shape index (κ1) is 17.5. The van der Waals surface area contributed by atoms with Gasteiger partial charge in [0.1, 0.15) is 11.6 Å². The molecule has 0 saturated carbocycles. The third-order valence-corrected chi connectivity index (χ3v) is 3.91. The molecule has 1 atom stereocenters. The fourth-order valence-electron chi connectivity index (χ4n) is 2.16. The Morgan fingerprint density at radius 3 is 2.57 bits per heavy atom. The van der Waals surface area contributed by atoms with E-state index < -0.39 is 0 Å². The molecule has 5 heteroatoms. The zero-order valence-corrected chi connectivity index (χ0v) is 14.9. The van der Waals surface area contributed by atoms with E-state index in [4.69, 9.17) is 4.74 Å². The van der Waals surface area contributed by atoms with Crippen molar-refractivity contribution in [2.24, 2.45) is 0 Å². The van der Waals surface area contributed by atoms with Crippen LogP contribution in [-0.2, 0) is 0 Å². The van der Waals surface area contributed by atoms with E-state index in [0.29, 0.717) is 10.0 Å². The Balaban J connectivity index is 2.12. The van der Waals surface area contributed by atoms with Crippen molar-refractivity contribution in [2.75, 3.05) is 0 Å². The van der Waals surface area contributed by atoms with Crippen LogP contribution in [0.15, 0.2) is 46.9 Å². The molecule has 2 aromatic carbocycles. The average Bonchev–Trinajstić information content (AvgIpc) is 2.46. The van der Waals surface area contributed by atoms with Gasteiger partial charge in [-0.2, -0.15) is 0 Å². The standard InChI is InChI=1S/C18H19BrFNO2/c1-11(2)23-15-6-4-5-13(9-15)12(3)21-18(22)16-8-7-14(20)10-17(16)19/h4-12H,1-3H3,(H,21,22)/t12-/m0/s1. The molecule has 1 amide bonds. The Labute approximate surface area is 144 Å². The van der Waals surface area contributed by atoms with Crippen LogP contribution in [0, 0.1) is 5.82 Å². The van der Waals surface area contributed by atoms with Gasteiger partial charge in [0.05, 0.1) is 17.7 Å².